The lowest BCUT2D eigenvalue weighted by molar-refractivity contribution is 0.0250. The Balaban J connectivity index is 1.97. The largest absolute Gasteiger partial charge is 0.399 e. The smallest absolute Gasteiger partial charge is 0.160 e. The predicted octanol–water partition coefficient (Wildman–Crippen LogP) is 2.15. The van der Waals surface area contributed by atoms with Crippen LogP contribution in [0.5, 0.6) is 0 Å². The fourth-order valence-electron chi connectivity index (χ4n) is 2.16. The number of halogens is 1. The molecule has 104 valence electrons. The normalized spacial score (nSPS) is 18.9. The zero-order chi connectivity index (χ0) is 13.9. The summed E-state index contributed by atoms with van der Waals surface area (Å²) in [6.45, 7) is 2.34. The first kappa shape index (κ1) is 13.5. The molecule has 0 saturated carbocycles. The summed E-state index contributed by atoms with van der Waals surface area (Å²) in [6.07, 6.45) is -0.0390. The molecule has 0 spiro atoms. The number of nitrogens with zero attached hydrogens (tertiary/aromatic N) is 2. The van der Waals surface area contributed by atoms with Gasteiger partial charge in [0.15, 0.2) is 5.82 Å². The van der Waals surface area contributed by atoms with E-state index in [1.54, 1.807) is 0 Å². The predicted molar refractivity (Wildman–Crippen MR) is 81.1 cm³/mol. The number of morpholine rings is 1. The molecule has 2 aromatic rings. The minimum Gasteiger partial charge on any atom is -0.399 e. The molecule has 0 radical (unpaired) electrons. The third kappa shape index (κ3) is 2.98. The highest BCUT2D eigenvalue weighted by molar-refractivity contribution is 9.10. The summed E-state index contributed by atoms with van der Waals surface area (Å²) >= 11 is 3.44. The van der Waals surface area contributed by atoms with Gasteiger partial charge in [0.25, 0.3) is 0 Å². The molecule has 1 atom stereocenters. The minimum atomic E-state index is -0.0390. The van der Waals surface area contributed by atoms with E-state index in [-0.39, 0.29) is 6.10 Å². The van der Waals surface area contributed by atoms with Crippen LogP contribution in [0.1, 0.15) is 11.8 Å². The zero-order valence-electron chi connectivity index (χ0n) is 10.8. The first-order chi connectivity index (χ1) is 9.72. The summed E-state index contributed by atoms with van der Waals surface area (Å²) in [4.78, 5) is 9.02. The van der Waals surface area contributed by atoms with Crippen molar-refractivity contribution in [1.29, 1.82) is 0 Å². The summed E-state index contributed by atoms with van der Waals surface area (Å²) < 4.78 is 6.48. The number of benzene rings is 1. The van der Waals surface area contributed by atoms with Gasteiger partial charge in [-0.25, -0.2) is 9.97 Å². The quantitative estimate of drug-likeness (QED) is 0.650. The molecule has 1 aromatic heterocycles. The molecule has 0 aliphatic carbocycles. The highest BCUT2D eigenvalue weighted by Gasteiger charge is 2.19. The molecule has 6 heteroatoms. The molecule has 2 heterocycles. The monoisotopic (exact) mass is 334 g/mol. The number of nitrogen functional groups attached to an aromatic ring is 1. The van der Waals surface area contributed by atoms with Crippen LogP contribution in [0.2, 0.25) is 0 Å². The van der Waals surface area contributed by atoms with Crippen molar-refractivity contribution in [1.82, 2.24) is 15.3 Å². The van der Waals surface area contributed by atoms with Gasteiger partial charge < -0.3 is 15.8 Å². The Bertz CT molecular complexity index is 614. The number of hydrogen-bond acceptors (Lipinski definition) is 5. The highest BCUT2D eigenvalue weighted by atomic mass is 79.9. The highest BCUT2D eigenvalue weighted by Crippen LogP contribution is 2.24. The van der Waals surface area contributed by atoms with Crippen molar-refractivity contribution in [3.05, 3.63) is 40.6 Å². The number of anilines is 1. The maximum Gasteiger partial charge on any atom is 0.160 e. The van der Waals surface area contributed by atoms with Crippen LogP contribution in [-0.2, 0) is 4.74 Å². The lowest BCUT2D eigenvalue weighted by Crippen LogP contribution is -2.33. The number of rotatable bonds is 2. The number of hydrogen-bond donors (Lipinski definition) is 2. The summed E-state index contributed by atoms with van der Waals surface area (Å²) in [5.74, 6) is 0.649. The second-order valence-electron chi connectivity index (χ2n) is 4.63. The molecule has 0 amide bonds. The fourth-order valence-corrected chi connectivity index (χ4v) is 2.56. The molecule has 3 rings (SSSR count). The Kier molecular flexibility index (Phi) is 3.95. The number of nitrogens with one attached hydrogen (secondary N) is 1. The SMILES string of the molecule is Nc1cccc(-c2nc(Br)cc(C3CNCCO3)n2)c1. The molecular weight excluding hydrogens is 320 g/mol. The van der Waals surface area contributed by atoms with Crippen LogP contribution in [0.4, 0.5) is 5.69 Å². The van der Waals surface area contributed by atoms with E-state index in [0.717, 1.165) is 29.0 Å². The number of aromatic nitrogens is 2. The molecule has 1 fully saturated rings. The van der Waals surface area contributed by atoms with Gasteiger partial charge in [-0.15, -0.1) is 0 Å². The molecule has 0 bridgehead atoms. The van der Waals surface area contributed by atoms with Gasteiger partial charge in [-0.1, -0.05) is 12.1 Å². The van der Waals surface area contributed by atoms with Crippen LogP contribution in [0.3, 0.4) is 0 Å². The maximum atomic E-state index is 5.81. The van der Waals surface area contributed by atoms with Crippen LogP contribution in [0.25, 0.3) is 11.4 Å². The molecular formula is C14H15BrN4O. The fraction of sp³-hybridized carbons (Fsp3) is 0.286. The molecule has 5 nitrogen and oxygen atoms in total. The van der Waals surface area contributed by atoms with Crippen molar-refractivity contribution >= 4 is 21.6 Å². The van der Waals surface area contributed by atoms with Crippen LogP contribution < -0.4 is 11.1 Å². The Morgan fingerprint density at radius 1 is 1.30 bits per heavy atom. The van der Waals surface area contributed by atoms with E-state index >= 15 is 0 Å². The van der Waals surface area contributed by atoms with Crippen molar-refractivity contribution in [2.45, 2.75) is 6.10 Å². The van der Waals surface area contributed by atoms with Gasteiger partial charge in [-0.05, 0) is 34.1 Å². The Morgan fingerprint density at radius 2 is 2.20 bits per heavy atom. The third-order valence-corrected chi connectivity index (χ3v) is 3.52. The minimum absolute atomic E-state index is 0.0390. The number of ether oxygens (including phenoxy) is 1. The molecule has 20 heavy (non-hydrogen) atoms. The maximum absolute atomic E-state index is 5.81. The van der Waals surface area contributed by atoms with Crippen LogP contribution in [0, 0.1) is 0 Å². The van der Waals surface area contributed by atoms with E-state index < -0.39 is 0 Å². The van der Waals surface area contributed by atoms with E-state index in [1.165, 1.54) is 0 Å². The summed E-state index contributed by atoms with van der Waals surface area (Å²) in [6, 6.07) is 9.45. The molecule has 3 N–H and O–H groups in total. The molecule has 1 aromatic carbocycles. The van der Waals surface area contributed by atoms with Crippen molar-refractivity contribution in [3.8, 4) is 11.4 Å². The van der Waals surface area contributed by atoms with Crippen LogP contribution >= 0.6 is 15.9 Å². The summed E-state index contributed by atoms with van der Waals surface area (Å²) in [5, 5.41) is 3.30. The lowest BCUT2D eigenvalue weighted by atomic mass is 10.1. The molecule has 1 unspecified atom stereocenters. The molecule has 1 aliphatic heterocycles. The second-order valence-corrected chi connectivity index (χ2v) is 5.44. The standard InChI is InChI=1S/C14H15BrN4O/c15-13-7-11(12-8-17-4-5-20-12)18-14(19-13)9-2-1-3-10(16)6-9/h1-3,6-7,12,17H,4-5,8,16H2. The first-order valence-corrected chi connectivity index (χ1v) is 7.24. The van der Waals surface area contributed by atoms with E-state index in [9.17, 15) is 0 Å². The van der Waals surface area contributed by atoms with Gasteiger partial charge in [-0.2, -0.15) is 0 Å². The van der Waals surface area contributed by atoms with Crippen molar-refractivity contribution in [2.75, 3.05) is 25.4 Å². The zero-order valence-corrected chi connectivity index (χ0v) is 12.4. The number of nitrogens with two attached hydrogens (primary N) is 1. The average molecular weight is 335 g/mol. The average Bonchev–Trinajstić information content (AvgIpc) is 2.47. The first-order valence-electron chi connectivity index (χ1n) is 6.45. The molecule has 1 aliphatic rings. The van der Waals surface area contributed by atoms with Crippen molar-refractivity contribution in [2.24, 2.45) is 0 Å². The van der Waals surface area contributed by atoms with Crippen LogP contribution in [0.15, 0.2) is 34.9 Å². The Morgan fingerprint density at radius 3 is 2.95 bits per heavy atom. The van der Waals surface area contributed by atoms with E-state index in [1.807, 2.05) is 30.3 Å². The topological polar surface area (TPSA) is 73.1 Å². The van der Waals surface area contributed by atoms with Gasteiger partial charge in [-0.3, -0.25) is 0 Å². The van der Waals surface area contributed by atoms with Gasteiger partial charge in [0.1, 0.15) is 10.7 Å². The van der Waals surface area contributed by atoms with E-state index in [0.29, 0.717) is 18.1 Å². The van der Waals surface area contributed by atoms with Crippen molar-refractivity contribution in [3.63, 3.8) is 0 Å². The van der Waals surface area contributed by atoms with E-state index in [4.69, 9.17) is 10.5 Å². The van der Waals surface area contributed by atoms with Crippen molar-refractivity contribution < 1.29 is 4.74 Å². The van der Waals surface area contributed by atoms with E-state index in [2.05, 4.69) is 31.2 Å². The van der Waals surface area contributed by atoms with Gasteiger partial charge in [0.05, 0.1) is 12.3 Å². The third-order valence-electron chi connectivity index (χ3n) is 3.12. The summed E-state index contributed by atoms with van der Waals surface area (Å²) in [7, 11) is 0. The molecule has 1 saturated heterocycles. The Hall–Kier alpha value is -1.50. The van der Waals surface area contributed by atoms with Gasteiger partial charge in [0, 0.05) is 24.3 Å². The van der Waals surface area contributed by atoms with Gasteiger partial charge >= 0.3 is 0 Å². The van der Waals surface area contributed by atoms with Gasteiger partial charge in [0.2, 0.25) is 0 Å². The Labute approximate surface area is 125 Å². The lowest BCUT2D eigenvalue weighted by Gasteiger charge is -2.23. The van der Waals surface area contributed by atoms with Crippen LogP contribution in [-0.4, -0.2) is 29.7 Å². The summed E-state index contributed by atoms with van der Waals surface area (Å²) in [5.41, 5.74) is 8.28. The second kappa shape index (κ2) is 5.87.